The van der Waals surface area contributed by atoms with Crippen molar-refractivity contribution < 1.29 is 4.79 Å². The van der Waals surface area contributed by atoms with Crippen LogP contribution in [0.4, 0.5) is 0 Å². The number of rotatable bonds is 1. The van der Waals surface area contributed by atoms with Crippen LogP contribution in [0.15, 0.2) is 12.3 Å². The zero-order chi connectivity index (χ0) is 9.14. The van der Waals surface area contributed by atoms with E-state index in [4.69, 9.17) is 11.6 Å². The van der Waals surface area contributed by atoms with Gasteiger partial charge in [-0.1, -0.05) is 11.6 Å². The second-order valence-electron chi connectivity index (χ2n) is 2.37. The van der Waals surface area contributed by atoms with Crippen LogP contribution in [0.2, 0.25) is 5.02 Å². The minimum Gasteiger partial charge on any atom is -0.355 e. The third kappa shape index (κ3) is 1.74. The average Bonchev–Trinajstić information content (AvgIpc) is 2.08. The Balaban J connectivity index is 3.13. The number of aromatic nitrogens is 1. The number of aryl methyl sites for hydroxylation is 1. The van der Waals surface area contributed by atoms with E-state index in [0.29, 0.717) is 16.3 Å². The fourth-order valence-electron chi connectivity index (χ4n) is 0.872. The molecule has 1 amide bonds. The maximum Gasteiger partial charge on any atom is 0.252 e. The van der Waals surface area contributed by atoms with E-state index in [0.717, 1.165) is 0 Å². The molecule has 0 aromatic carbocycles. The monoisotopic (exact) mass is 184 g/mol. The minimum absolute atomic E-state index is 0.164. The molecule has 1 aromatic rings. The van der Waals surface area contributed by atoms with Crippen molar-refractivity contribution in [1.29, 1.82) is 0 Å². The Morgan fingerprint density at radius 1 is 1.67 bits per heavy atom. The summed E-state index contributed by atoms with van der Waals surface area (Å²) in [5.74, 6) is -0.164. The summed E-state index contributed by atoms with van der Waals surface area (Å²) in [6.07, 6.45) is 1.52. The maximum atomic E-state index is 11.2. The van der Waals surface area contributed by atoms with Crippen molar-refractivity contribution in [3.8, 4) is 0 Å². The number of pyridine rings is 1. The molecule has 0 radical (unpaired) electrons. The number of carbonyl (C=O) groups excluding carboxylic acids is 1. The first-order valence-corrected chi connectivity index (χ1v) is 3.87. The molecule has 4 heteroatoms. The quantitative estimate of drug-likeness (QED) is 0.717. The molecule has 0 saturated carbocycles. The Kier molecular flexibility index (Phi) is 2.65. The molecule has 1 N–H and O–H groups in total. The lowest BCUT2D eigenvalue weighted by atomic mass is 10.2. The molecule has 1 heterocycles. The standard InChI is InChI=1S/C8H9ClN2O/c1-5-7(8(12)10-2)3-6(9)4-11-5/h3-4H,1-2H3,(H,10,12). The molecule has 3 nitrogen and oxygen atoms in total. The molecule has 0 spiro atoms. The van der Waals surface area contributed by atoms with E-state index >= 15 is 0 Å². The van der Waals surface area contributed by atoms with Crippen LogP contribution in [0.25, 0.3) is 0 Å². The first-order chi connectivity index (χ1) is 5.65. The first-order valence-electron chi connectivity index (χ1n) is 3.49. The van der Waals surface area contributed by atoms with Gasteiger partial charge in [-0.2, -0.15) is 0 Å². The highest BCUT2D eigenvalue weighted by atomic mass is 35.5. The minimum atomic E-state index is -0.164. The van der Waals surface area contributed by atoms with Gasteiger partial charge in [0.2, 0.25) is 0 Å². The maximum absolute atomic E-state index is 11.2. The molecule has 1 aromatic heterocycles. The molecule has 0 unspecified atom stereocenters. The molecule has 0 aliphatic heterocycles. The summed E-state index contributed by atoms with van der Waals surface area (Å²) < 4.78 is 0. The van der Waals surface area contributed by atoms with Gasteiger partial charge in [0.1, 0.15) is 0 Å². The largest absolute Gasteiger partial charge is 0.355 e. The third-order valence-corrected chi connectivity index (χ3v) is 1.73. The van der Waals surface area contributed by atoms with E-state index in [1.54, 1.807) is 20.0 Å². The summed E-state index contributed by atoms with van der Waals surface area (Å²) >= 11 is 5.68. The van der Waals surface area contributed by atoms with Crippen LogP contribution in [0.3, 0.4) is 0 Å². The van der Waals surface area contributed by atoms with Crippen LogP contribution in [-0.4, -0.2) is 17.9 Å². The number of hydrogen-bond acceptors (Lipinski definition) is 2. The van der Waals surface area contributed by atoms with Crippen molar-refractivity contribution in [2.24, 2.45) is 0 Å². The summed E-state index contributed by atoms with van der Waals surface area (Å²) in [6.45, 7) is 1.76. The highest BCUT2D eigenvalue weighted by Gasteiger charge is 2.07. The Morgan fingerprint density at radius 2 is 2.33 bits per heavy atom. The zero-order valence-electron chi connectivity index (χ0n) is 6.89. The Hall–Kier alpha value is -1.09. The van der Waals surface area contributed by atoms with Crippen LogP contribution >= 0.6 is 11.6 Å². The molecule has 0 fully saturated rings. The normalized spacial score (nSPS) is 9.58. The fraction of sp³-hybridized carbons (Fsp3) is 0.250. The van der Waals surface area contributed by atoms with Crippen LogP contribution < -0.4 is 5.32 Å². The first kappa shape index (κ1) is 9.00. The Bertz CT molecular complexity index is 312. The number of nitrogens with one attached hydrogen (secondary N) is 1. The van der Waals surface area contributed by atoms with Crippen molar-refractivity contribution in [1.82, 2.24) is 10.3 Å². The van der Waals surface area contributed by atoms with E-state index in [9.17, 15) is 4.79 Å². The number of hydrogen-bond donors (Lipinski definition) is 1. The molecule has 1 rings (SSSR count). The van der Waals surface area contributed by atoms with Crippen LogP contribution in [0.1, 0.15) is 16.1 Å². The van der Waals surface area contributed by atoms with Crippen molar-refractivity contribution in [3.05, 3.63) is 28.5 Å². The molecule has 64 valence electrons. The zero-order valence-corrected chi connectivity index (χ0v) is 7.64. The highest BCUT2D eigenvalue weighted by molar-refractivity contribution is 6.30. The molecular formula is C8H9ClN2O. The van der Waals surface area contributed by atoms with Crippen LogP contribution in [-0.2, 0) is 0 Å². The van der Waals surface area contributed by atoms with E-state index in [2.05, 4.69) is 10.3 Å². The molecule has 0 aliphatic carbocycles. The summed E-state index contributed by atoms with van der Waals surface area (Å²) in [4.78, 5) is 15.1. The predicted molar refractivity (Wildman–Crippen MR) is 47.4 cm³/mol. The van der Waals surface area contributed by atoms with Crippen molar-refractivity contribution in [3.63, 3.8) is 0 Å². The average molecular weight is 185 g/mol. The van der Waals surface area contributed by atoms with E-state index in [1.807, 2.05) is 0 Å². The van der Waals surface area contributed by atoms with Crippen molar-refractivity contribution in [2.45, 2.75) is 6.92 Å². The molecule has 0 aliphatic rings. The lowest BCUT2D eigenvalue weighted by molar-refractivity contribution is 0.0962. The van der Waals surface area contributed by atoms with E-state index in [1.165, 1.54) is 6.20 Å². The van der Waals surface area contributed by atoms with Gasteiger partial charge in [0.25, 0.3) is 5.91 Å². The van der Waals surface area contributed by atoms with Gasteiger partial charge in [-0.15, -0.1) is 0 Å². The van der Waals surface area contributed by atoms with Crippen molar-refractivity contribution >= 4 is 17.5 Å². The second kappa shape index (κ2) is 3.54. The van der Waals surface area contributed by atoms with E-state index < -0.39 is 0 Å². The lowest BCUT2D eigenvalue weighted by Crippen LogP contribution is -2.19. The second-order valence-corrected chi connectivity index (χ2v) is 2.80. The van der Waals surface area contributed by atoms with Crippen molar-refractivity contribution in [2.75, 3.05) is 7.05 Å². The summed E-state index contributed by atoms with van der Waals surface area (Å²) in [5, 5.41) is 2.98. The molecule has 0 atom stereocenters. The smallest absolute Gasteiger partial charge is 0.252 e. The third-order valence-electron chi connectivity index (χ3n) is 1.53. The van der Waals surface area contributed by atoms with Gasteiger partial charge in [-0.05, 0) is 13.0 Å². The Morgan fingerprint density at radius 3 is 2.92 bits per heavy atom. The van der Waals surface area contributed by atoms with Gasteiger partial charge < -0.3 is 5.32 Å². The summed E-state index contributed by atoms with van der Waals surface area (Å²) in [7, 11) is 1.57. The number of halogens is 1. The highest BCUT2D eigenvalue weighted by Crippen LogP contribution is 2.11. The van der Waals surface area contributed by atoms with Gasteiger partial charge >= 0.3 is 0 Å². The molecule has 12 heavy (non-hydrogen) atoms. The summed E-state index contributed by atoms with van der Waals surface area (Å²) in [5.41, 5.74) is 1.20. The lowest BCUT2D eigenvalue weighted by Gasteiger charge is -2.02. The van der Waals surface area contributed by atoms with E-state index in [-0.39, 0.29) is 5.91 Å². The van der Waals surface area contributed by atoms with Crippen LogP contribution in [0, 0.1) is 6.92 Å². The number of nitrogens with zero attached hydrogens (tertiary/aromatic N) is 1. The number of amides is 1. The van der Waals surface area contributed by atoms with Gasteiger partial charge in [0.15, 0.2) is 0 Å². The number of carbonyl (C=O) groups is 1. The molecule has 0 bridgehead atoms. The SMILES string of the molecule is CNC(=O)c1cc(Cl)cnc1C. The van der Waals surface area contributed by atoms with Gasteiger partial charge in [-0.25, -0.2) is 0 Å². The fourth-order valence-corrected chi connectivity index (χ4v) is 1.03. The molecule has 0 saturated heterocycles. The molecular weight excluding hydrogens is 176 g/mol. The predicted octanol–water partition coefficient (Wildman–Crippen LogP) is 1.40. The van der Waals surface area contributed by atoms with Crippen LogP contribution in [0.5, 0.6) is 0 Å². The van der Waals surface area contributed by atoms with Gasteiger partial charge in [0.05, 0.1) is 16.3 Å². The van der Waals surface area contributed by atoms with Gasteiger partial charge in [0, 0.05) is 13.2 Å². The summed E-state index contributed by atoms with van der Waals surface area (Å²) in [6, 6.07) is 1.60. The topological polar surface area (TPSA) is 42.0 Å². The Labute approximate surface area is 75.8 Å². The van der Waals surface area contributed by atoms with Gasteiger partial charge in [-0.3, -0.25) is 9.78 Å².